The van der Waals surface area contributed by atoms with Crippen LogP contribution in [0.25, 0.3) is 5.70 Å². The van der Waals surface area contributed by atoms with Crippen LogP contribution in [0.2, 0.25) is 5.02 Å². The number of hydrogen-bond acceptors (Lipinski definition) is 5. The van der Waals surface area contributed by atoms with Crippen LogP contribution in [0.5, 0.6) is 5.75 Å². The fourth-order valence-electron chi connectivity index (χ4n) is 3.88. The van der Waals surface area contributed by atoms with Crippen LogP contribution in [0.15, 0.2) is 28.7 Å². The Morgan fingerprint density at radius 3 is 2.62 bits per heavy atom. The van der Waals surface area contributed by atoms with Crippen molar-refractivity contribution in [2.24, 2.45) is 5.92 Å². The van der Waals surface area contributed by atoms with Gasteiger partial charge in [-0.05, 0) is 66.2 Å². The molecule has 2 amide bonds. The maximum absolute atomic E-state index is 13.2. The van der Waals surface area contributed by atoms with Crippen LogP contribution >= 0.6 is 27.5 Å². The number of anilines is 1. The number of aryl methyl sites for hydroxylation is 1. The molecule has 3 rings (SSSR count). The second-order valence-electron chi connectivity index (χ2n) is 8.71. The van der Waals surface area contributed by atoms with E-state index in [9.17, 15) is 4.79 Å². The lowest BCUT2D eigenvalue weighted by atomic mass is 10.1. The molecule has 0 atom stereocenters. The number of aromatic nitrogens is 2. The van der Waals surface area contributed by atoms with Crippen molar-refractivity contribution in [1.29, 1.82) is 0 Å². The topological polar surface area (TPSA) is 78.8 Å². The molecule has 1 aliphatic rings. The fraction of sp³-hybridized carbons (Fsp3) is 0.480. The number of aliphatic hydroxyl groups excluding tert-OH is 1. The summed E-state index contributed by atoms with van der Waals surface area (Å²) in [5, 5.41) is 9.76. The first kappa shape index (κ1) is 26.4. The van der Waals surface area contributed by atoms with E-state index >= 15 is 0 Å². The molecule has 7 nitrogen and oxygen atoms in total. The summed E-state index contributed by atoms with van der Waals surface area (Å²) in [6, 6.07) is 5.24. The summed E-state index contributed by atoms with van der Waals surface area (Å²) in [6.07, 6.45) is 5.13. The number of carbonyl (C=O) groups excluding carboxylic acids is 1. The molecule has 0 aliphatic carbocycles. The van der Waals surface area contributed by atoms with Crippen molar-refractivity contribution in [2.75, 3.05) is 25.1 Å². The Morgan fingerprint density at radius 2 is 1.97 bits per heavy atom. The number of nitrogens with zero attached hydrogens (tertiary/aromatic N) is 4. The highest BCUT2D eigenvalue weighted by molar-refractivity contribution is 9.10. The van der Waals surface area contributed by atoms with Crippen LogP contribution in [0, 0.1) is 5.92 Å². The lowest BCUT2D eigenvalue weighted by Gasteiger charge is -2.36. The van der Waals surface area contributed by atoms with Crippen LogP contribution in [0.4, 0.5) is 10.6 Å². The Hall–Kier alpha value is -2.16. The Kier molecular flexibility index (Phi) is 9.33. The Labute approximate surface area is 214 Å². The molecule has 184 valence electrons. The number of benzene rings is 1. The summed E-state index contributed by atoms with van der Waals surface area (Å²) in [4.78, 5) is 26.5. The number of aliphatic hydroxyl groups is 1. The van der Waals surface area contributed by atoms with Crippen molar-refractivity contribution in [2.45, 2.75) is 53.1 Å². The molecule has 2 aromatic rings. The van der Waals surface area contributed by atoms with Gasteiger partial charge in [0.1, 0.15) is 23.7 Å². The van der Waals surface area contributed by atoms with Crippen LogP contribution in [0.3, 0.4) is 0 Å². The molecule has 9 heteroatoms. The van der Waals surface area contributed by atoms with Crippen molar-refractivity contribution in [3.05, 3.63) is 50.9 Å². The number of allylic oxidation sites excluding steroid dienone is 1. The summed E-state index contributed by atoms with van der Waals surface area (Å²) in [6.45, 7) is 6.97. The maximum atomic E-state index is 13.2. The first-order valence-electron chi connectivity index (χ1n) is 11.6. The normalized spacial score (nSPS) is 14.8. The van der Waals surface area contributed by atoms with Gasteiger partial charge in [-0.15, -0.1) is 0 Å². The molecule has 1 aromatic heterocycles. The zero-order chi connectivity index (χ0) is 24.8. The minimum Gasteiger partial charge on any atom is -0.486 e. The van der Waals surface area contributed by atoms with Gasteiger partial charge in [0.2, 0.25) is 0 Å². The summed E-state index contributed by atoms with van der Waals surface area (Å²) in [5.41, 5.74) is 3.00. The van der Waals surface area contributed by atoms with Gasteiger partial charge in [-0.25, -0.2) is 14.8 Å². The molecule has 0 saturated heterocycles. The van der Waals surface area contributed by atoms with E-state index < -0.39 is 0 Å². The van der Waals surface area contributed by atoms with Gasteiger partial charge in [0.05, 0.1) is 15.9 Å². The van der Waals surface area contributed by atoms with Crippen LogP contribution in [-0.2, 0) is 13.0 Å². The highest BCUT2D eigenvalue weighted by Gasteiger charge is 2.35. The van der Waals surface area contributed by atoms with Gasteiger partial charge in [-0.3, -0.25) is 9.80 Å². The maximum Gasteiger partial charge on any atom is 0.330 e. The first-order valence-corrected chi connectivity index (χ1v) is 12.7. The Morgan fingerprint density at radius 1 is 1.21 bits per heavy atom. The van der Waals surface area contributed by atoms with Gasteiger partial charge in [-0.2, -0.15) is 0 Å². The molecule has 0 spiro atoms. The van der Waals surface area contributed by atoms with Crippen molar-refractivity contribution in [1.82, 2.24) is 14.9 Å². The van der Waals surface area contributed by atoms with E-state index in [2.05, 4.69) is 29.8 Å². The number of unbranched alkanes of at least 4 members (excludes halogenated alkanes) is 2. The monoisotopic (exact) mass is 550 g/mol. The molecule has 0 radical (unpaired) electrons. The zero-order valence-corrected chi connectivity index (χ0v) is 22.5. The molecule has 1 aromatic carbocycles. The van der Waals surface area contributed by atoms with E-state index in [-0.39, 0.29) is 25.2 Å². The Balaban J connectivity index is 2.03. The van der Waals surface area contributed by atoms with Crippen LogP contribution < -0.4 is 9.64 Å². The van der Waals surface area contributed by atoms with Crippen molar-refractivity contribution >= 4 is 45.1 Å². The minimum absolute atomic E-state index is 0.119. The lowest BCUT2D eigenvalue weighted by molar-refractivity contribution is 0.227. The minimum atomic E-state index is -0.119. The van der Waals surface area contributed by atoms with Gasteiger partial charge in [0.15, 0.2) is 5.82 Å². The summed E-state index contributed by atoms with van der Waals surface area (Å²) < 4.78 is 6.83. The van der Waals surface area contributed by atoms with Crippen molar-refractivity contribution in [3.63, 3.8) is 0 Å². The molecular weight excluding hydrogens is 520 g/mol. The van der Waals surface area contributed by atoms with E-state index in [4.69, 9.17) is 31.4 Å². The third kappa shape index (κ3) is 6.09. The first-order chi connectivity index (χ1) is 16.3. The van der Waals surface area contributed by atoms with Gasteiger partial charge >= 0.3 is 6.03 Å². The van der Waals surface area contributed by atoms with Gasteiger partial charge in [0.25, 0.3) is 0 Å². The molecule has 34 heavy (non-hydrogen) atoms. The molecule has 1 aliphatic heterocycles. The largest absolute Gasteiger partial charge is 0.486 e. The predicted octanol–water partition coefficient (Wildman–Crippen LogP) is 6.07. The SMILES string of the molecule is CC=C1c2nc(CCCCCO)c(COc3ccc(Cl)cc3Br)nc2N(CC(C)C)C(=O)N1C. The number of hydrogen-bond donors (Lipinski definition) is 1. The molecular formula is C25H32BrClN4O3. The quantitative estimate of drug-likeness (QED) is 0.363. The molecule has 2 heterocycles. The van der Waals surface area contributed by atoms with Crippen LogP contribution in [-0.4, -0.2) is 46.2 Å². The zero-order valence-electron chi connectivity index (χ0n) is 20.1. The fourth-order valence-corrected chi connectivity index (χ4v) is 4.68. The number of rotatable bonds is 10. The predicted molar refractivity (Wildman–Crippen MR) is 139 cm³/mol. The number of halogens is 2. The number of urea groups is 1. The van der Waals surface area contributed by atoms with Gasteiger partial charge < -0.3 is 9.84 Å². The van der Waals surface area contributed by atoms with Crippen LogP contribution in [0.1, 0.15) is 57.1 Å². The number of ether oxygens (including phenoxy) is 1. The summed E-state index contributed by atoms with van der Waals surface area (Å²) in [7, 11) is 1.77. The number of fused-ring (bicyclic) bond motifs is 1. The number of carbonyl (C=O) groups is 1. The third-order valence-electron chi connectivity index (χ3n) is 5.56. The third-order valence-corrected chi connectivity index (χ3v) is 6.42. The second kappa shape index (κ2) is 12.0. The molecule has 0 unspecified atom stereocenters. The molecule has 0 saturated carbocycles. The highest BCUT2D eigenvalue weighted by atomic mass is 79.9. The van der Waals surface area contributed by atoms with E-state index in [0.29, 0.717) is 40.9 Å². The molecule has 0 bridgehead atoms. The molecule has 0 fully saturated rings. The lowest BCUT2D eigenvalue weighted by Crippen LogP contribution is -2.47. The Bertz CT molecular complexity index is 1060. The van der Waals surface area contributed by atoms with Gasteiger partial charge in [0, 0.05) is 25.2 Å². The average Bonchev–Trinajstić information content (AvgIpc) is 2.79. The second-order valence-corrected chi connectivity index (χ2v) is 10.00. The van der Waals surface area contributed by atoms with E-state index in [1.165, 1.54) is 0 Å². The van der Waals surface area contributed by atoms with Gasteiger partial charge in [-0.1, -0.05) is 37.9 Å². The van der Waals surface area contributed by atoms with E-state index in [1.807, 2.05) is 13.0 Å². The average molecular weight is 552 g/mol. The van der Waals surface area contributed by atoms with Crippen molar-refractivity contribution < 1.29 is 14.6 Å². The van der Waals surface area contributed by atoms with Crippen molar-refractivity contribution in [3.8, 4) is 5.75 Å². The summed E-state index contributed by atoms with van der Waals surface area (Å²) >= 11 is 9.55. The van der Waals surface area contributed by atoms with E-state index in [0.717, 1.165) is 35.1 Å². The highest BCUT2D eigenvalue weighted by Crippen LogP contribution is 2.35. The standard InChI is InChI=1S/C25H32BrClN4O3/c1-5-21-23-24(31(14-16(2)3)25(33)30(21)4)29-20(19(28-23)9-7-6-8-12-32)15-34-22-11-10-17(27)13-18(22)26/h5,10-11,13,16,32H,6-9,12,14-15H2,1-4H3. The summed E-state index contributed by atoms with van der Waals surface area (Å²) in [5.74, 6) is 1.49. The molecule has 1 N–H and O–H groups in total. The smallest absolute Gasteiger partial charge is 0.330 e. The number of amides is 2. The van der Waals surface area contributed by atoms with E-state index in [1.54, 1.807) is 35.0 Å².